The van der Waals surface area contributed by atoms with E-state index in [0.717, 1.165) is 5.56 Å². The number of anilines is 1. The molecule has 0 unspecified atom stereocenters. The van der Waals surface area contributed by atoms with Gasteiger partial charge in [0.15, 0.2) is 0 Å². The van der Waals surface area contributed by atoms with E-state index >= 15 is 0 Å². The summed E-state index contributed by atoms with van der Waals surface area (Å²) in [5, 5.41) is 6.38. The predicted molar refractivity (Wildman–Crippen MR) is 116 cm³/mol. The summed E-state index contributed by atoms with van der Waals surface area (Å²) in [6.45, 7) is 0.409. The second kappa shape index (κ2) is 10.2. The standard InChI is InChI=1S/C22H18BrN3O3/c23-18-11-5-6-12-19(18)25-21(27)22(28)26-24-14-17-10-4-7-13-20(17)29-15-16-8-2-1-3-9-16/h1-14H,15H2,(H,25,27)(H,26,28)/b24-14-. The highest BCUT2D eigenvalue weighted by molar-refractivity contribution is 9.10. The maximum absolute atomic E-state index is 12.0. The highest BCUT2D eigenvalue weighted by Gasteiger charge is 2.14. The van der Waals surface area contributed by atoms with Crippen LogP contribution in [0.3, 0.4) is 0 Å². The summed E-state index contributed by atoms with van der Waals surface area (Å²) in [5.41, 5.74) is 4.43. The monoisotopic (exact) mass is 451 g/mol. The van der Waals surface area contributed by atoms with Gasteiger partial charge in [0.25, 0.3) is 0 Å². The molecule has 0 fully saturated rings. The van der Waals surface area contributed by atoms with Crippen LogP contribution in [0.25, 0.3) is 0 Å². The largest absolute Gasteiger partial charge is 0.488 e. The van der Waals surface area contributed by atoms with Gasteiger partial charge in [-0.05, 0) is 45.8 Å². The van der Waals surface area contributed by atoms with Crippen LogP contribution >= 0.6 is 15.9 Å². The molecule has 3 aromatic rings. The predicted octanol–water partition coefficient (Wildman–Crippen LogP) is 4.12. The number of para-hydroxylation sites is 2. The lowest BCUT2D eigenvalue weighted by molar-refractivity contribution is -0.136. The van der Waals surface area contributed by atoms with Crippen molar-refractivity contribution in [3.05, 3.63) is 94.5 Å². The molecule has 0 aliphatic carbocycles. The Bertz CT molecular complexity index is 1020. The fourth-order valence-corrected chi connectivity index (χ4v) is 2.79. The topological polar surface area (TPSA) is 79.8 Å². The van der Waals surface area contributed by atoms with Gasteiger partial charge in [-0.3, -0.25) is 9.59 Å². The third-order valence-corrected chi connectivity index (χ3v) is 4.55. The average molecular weight is 452 g/mol. The third kappa shape index (κ3) is 6.02. The first-order valence-electron chi connectivity index (χ1n) is 8.78. The van der Waals surface area contributed by atoms with Gasteiger partial charge < -0.3 is 10.1 Å². The molecule has 0 saturated heterocycles. The van der Waals surface area contributed by atoms with Crippen molar-refractivity contribution < 1.29 is 14.3 Å². The molecule has 2 amide bonds. The molecule has 7 heteroatoms. The number of nitrogens with zero attached hydrogens (tertiary/aromatic N) is 1. The number of nitrogens with one attached hydrogen (secondary N) is 2. The minimum absolute atomic E-state index is 0.409. The number of ether oxygens (including phenoxy) is 1. The van der Waals surface area contributed by atoms with E-state index in [1.165, 1.54) is 6.21 Å². The SMILES string of the molecule is O=C(N/N=C\c1ccccc1OCc1ccccc1)C(=O)Nc1ccccc1Br. The minimum Gasteiger partial charge on any atom is -0.488 e. The molecule has 3 aromatic carbocycles. The Morgan fingerprint density at radius 1 is 0.897 bits per heavy atom. The number of hydrogen-bond acceptors (Lipinski definition) is 4. The molecule has 29 heavy (non-hydrogen) atoms. The minimum atomic E-state index is -0.875. The highest BCUT2D eigenvalue weighted by Crippen LogP contribution is 2.21. The molecule has 6 nitrogen and oxygen atoms in total. The molecule has 0 spiro atoms. The zero-order chi connectivity index (χ0) is 20.5. The van der Waals surface area contributed by atoms with Gasteiger partial charge in [0.1, 0.15) is 12.4 Å². The Kier molecular flexibility index (Phi) is 7.13. The van der Waals surface area contributed by atoms with E-state index in [0.29, 0.717) is 28.1 Å². The summed E-state index contributed by atoms with van der Waals surface area (Å²) in [6.07, 6.45) is 1.43. The van der Waals surface area contributed by atoms with Crippen LogP contribution in [0, 0.1) is 0 Å². The van der Waals surface area contributed by atoms with Crippen molar-refractivity contribution in [2.24, 2.45) is 5.10 Å². The molecule has 0 aromatic heterocycles. The number of amides is 2. The van der Waals surface area contributed by atoms with Crippen LogP contribution in [-0.4, -0.2) is 18.0 Å². The van der Waals surface area contributed by atoms with Crippen molar-refractivity contribution in [3.8, 4) is 5.75 Å². The molecule has 0 aliphatic rings. The number of rotatable bonds is 6. The fraction of sp³-hybridized carbons (Fsp3) is 0.0455. The van der Waals surface area contributed by atoms with Gasteiger partial charge >= 0.3 is 11.8 Å². The van der Waals surface area contributed by atoms with Crippen molar-refractivity contribution in [1.29, 1.82) is 0 Å². The molecule has 0 heterocycles. The van der Waals surface area contributed by atoms with Gasteiger partial charge in [-0.1, -0.05) is 54.6 Å². The first kappa shape index (κ1) is 20.3. The summed E-state index contributed by atoms with van der Waals surface area (Å²) >= 11 is 3.31. The number of benzene rings is 3. The molecule has 3 rings (SSSR count). The van der Waals surface area contributed by atoms with Crippen LogP contribution in [0.5, 0.6) is 5.75 Å². The van der Waals surface area contributed by atoms with E-state index in [2.05, 4.69) is 31.8 Å². The lowest BCUT2D eigenvalue weighted by Crippen LogP contribution is -2.32. The Labute approximate surface area is 176 Å². The zero-order valence-electron chi connectivity index (χ0n) is 15.3. The zero-order valence-corrected chi connectivity index (χ0v) is 16.9. The first-order valence-corrected chi connectivity index (χ1v) is 9.57. The van der Waals surface area contributed by atoms with E-state index in [-0.39, 0.29) is 0 Å². The van der Waals surface area contributed by atoms with Crippen LogP contribution in [0.2, 0.25) is 0 Å². The summed E-state index contributed by atoms with van der Waals surface area (Å²) < 4.78 is 6.51. The Morgan fingerprint density at radius 2 is 1.59 bits per heavy atom. The Balaban J connectivity index is 1.58. The van der Waals surface area contributed by atoms with E-state index in [9.17, 15) is 9.59 Å². The molecule has 0 bridgehead atoms. The van der Waals surface area contributed by atoms with E-state index in [4.69, 9.17) is 4.74 Å². The van der Waals surface area contributed by atoms with Crippen molar-refractivity contribution in [2.75, 3.05) is 5.32 Å². The lowest BCUT2D eigenvalue weighted by Gasteiger charge is -2.09. The Morgan fingerprint density at radius 3 is 2.38 bits per heavy atom. The maximum Gasteiger partial charge on any atom is 0.329 e. The molecule has 0 saturated carbocycles. The number of hydrogen-bond donors (Lipinski definition) is 2. The third-order valence-electron chi connectivity index (χ3n) is 3.85. The van der Waals surface area contributed by atoms with Crippen molar-refractivity contribution in [3.63, 3.8) is 0 Å². The summed E-state index contributed by atoms with van der Waals surface area (Å²) in [7, 11) is 0. The lowest BCUT2D eigenvalue weighted by atomic mass is 10.2. The van der Waals surface area contributed by atoms with Crippen LogP contribution in [-0.2, 0) is 16.2 Å². The smallest absolute Gasteiger partial charge is 0.329 e. The van der Waals surface area contributed by atoms with Crippen molar-refractivity contribution >= 4 is 39.6 Å². The molecule has 2 N–H and O–H groups in total. The molecule has 0 aliphatic heterocycles. The fourth-order valence-electron chi connectivity index (χ4n) is 2.41. The quantitative estimate of drug-likeness (QED) is 0.336. The molecular formula is C22H18BrN3O3. The summed E-state index contributed by atoms with van der Waals surface area (Å²) in [5.74, 6) is -1.07. The van der Waals surface area contributed by atoms with E-state index in [1.807, 2.05) is 48.5 Å². The van der Waals surface area contributed by atoms with Crippen LogP contribution < -0.4 is 15.5 Å². The second-order valence-corrected chi connectivity index (χ2v) is 6.80. The first-order chi connectivity index (χ1) is 14.1. The molecular weight excluding hydrogens is 434 g/mol. The maximum atomic E-state index is 12.0. The van der Waals surface area contributed by atoms with Crippen molar-refractivity contribution in [2.45, 2.75) is 6.61 Å². The second-order valence-electron chi connectivity index (χ2n) is 5.95. The highest BCUT2D eigenvalue weighted by atomic mass is 79.9. The number of carbonyl (C=O) groups excluding carboxylic acids is 2. The Hall–Kier alpha value is -3.45. The van der Waals surface area contributed by atoms with Gasteiger partial charge in [-0.2, -0.15) is 5.10 Å². The van der Waals surface area contributed by atoms with Gasteiger partial charge in [0, 0.05) is 10.0 Å². The number of halogens is 1. The van der Waals surface area contributed by atoms with Crippen molar-refractivity contribution in [1.82, 2.24) is 5.43 Å². The number of hydrazone groups is 1. The summed E-state index contributed by atoms with van der Waals surface area (Å²) in [4.78, 5) is 24.0. The average Bonchev–Trinajstić information content (AvgIpc) is 2.75. The molecule has 0 radical (unpaired) electrons. The van der Waals surface area contributed by atoms with Gasteiger partial charge in [0.2, 0.25) is 0 Å². The van der Waals surface area contributed by atoms with Gasteiger partial charge in [-0.15, -0.1) is 0 Å². The van der Waals surface area contributed by atoms with Crippen LogP contribution in [0.1, 0.15) is 11.1 Å². The van der Waals surface area contributed by atoms with Gasteiger partial charge in [-0.25, -0.2) is 5.43 Å². The van der Waals surface area contributed by atoms with Crippen LogP contribution in [0.15, 0.2) is 88.4 Å². The number of carbonyl (C=O) groups is 2. The normalized spacial score (nSPS) is 10.5. The summed E-state index contributed by atoms with van der Waals surface area (Å²) in [6, 6.07) is 24.1. The van der Waals surface area contributed by atoms with E-state index in [1.54, 1.807) is 30.3 Å². The van der Waals surface area contributed by atoms with Crippen LogP contribution in [0.4, 0.5) is 5.69 Å². The van der Waals surface area contributed by atoms with E-state index < -0.39 is 11.8 Å². The molecule has 0 atom stereocenters. The van der Waals surface area contributed by atoms with Gasteiger partial charge in [0.05, 0.1) is 11.9 Å². The molecule has 146 valence electrons.